The normalized spacial score (nSPS) is 10.9. The Labute approximate surface area is 205 Å². The number of nitrogens with zero attached hydrogens (tertiary/aromatic N) is 3. The third-order valence-corrected chi connectivity index (χ3v) is 5.77. The number of nitrogens with two attached hydrogens (primary N) is 1. The number of aromatic nitrogens is 3. The van der Waals surface area contributed by atoms with Crippen LogP contribution >= 0.6 is 11.6 Å². The molecule has 0 aliphatic heterocycles. The van der Waals surface area contributed by atoms with Gasteiger partial charge in [-0.1, -0.05) is 41.9 Å². The number of halogens is 1. The van der Waals surface area contributed by atoms with E-state index in [1.165, 1.54) is 9.47 Å². The zero-order chi connectivity index (χ0) is 24.9. The summed E-state index contributed by atoms with van der Waals surface area (Å²) in [4.78, 5) is 46.0. The number of benzene rings is 2. The SMILES string of the molecule is CCN(C(=O)CCc1ncc(-c2ccc(Cl)cc2)o1)c1c(N)n(Cc2ccccc2)c(=O)[nH]c1=O. The van der Waals surface area contributed by atoms with Crippen LogP contribution in [0.3, 0.4) is 0 Å². The Bertz CT molecular complexity index is 1440. The van der Waals surface area contributed by atoms with Gasteiger partial charge in [0.25, 0.3) is 5.56 Å². The standard InChI is InChI=1S/C25H24ClN5O4/c1-2-30(21(32)13-12-20-28-14-19(35-20)17-8-10-18(26)11-9-17)22-23(27)31(25(34)29-24(22)33)15-16-6-4-3-5-7-16/h3-11,14H,2,12-13,15,27H2,1H3,(H,29,33,34). The molecule has 0 aliphatic rings. The van der Waals surface area contributed by atoms with E-state index in [2.05, 4.69) is 9.97 Å². The predicted octanol–water partition coefficient (Wildman–Crippen LogP) is 3.46. The van der Waals surface area contributed by atoms with E-state index in [0.29, 0.717) is 16.7 Å². The third-order valence-electron chi connectivity index (χ3n) is 5.52. The number of oxazole rings is 1. The summed E-state index contributed by atoms with van der Waals surface area (Å²) < 4.78 is 7.01. The maximum absolute atomic E-state index is 13.1. The van der Waals surface area contributed by atoms with Crippen LogP contribution in [0.2, 0.25) is 5.02 Å². The molecule has 0 atom stereocenters. The predicted molar refractivity (Wildman–Crippen MR) is 135 cm³/mol. The van der Waals surface area contributed by atoms with Crippen molar-refractivity contribution in [3.8, 4) is 11.3 Å². The van der Waals surface area contributed by atoms with Crippen LogP contribution in [0.5, 0.6) is 0 Å². The van der Waals surface area contributed by atoms with Gasteiger partial charge in [0.2, 0.25) is 5.91 Å². The Morgan fingerprint density at radius 2 is 1.86 bits per heavy atom. The van der Waals surface area contributed by atoms with Gasteiger partial charge in [-0.3, -0.25) is 19.1 Å². The molecule has 9 nitrogen and oxygen atoms in total. The topological polar surface area (TPSA) is 127 Å². The fourth-order valence-corrected chi connectivity index (χ4v) is 3.87. The van der Waals surface area contributed by atoms with Crippen molar-refractivity contribution in [2.24, 2.45) is 0 Å². The second-order valence-electron chi connectivity index (χ2n) is 7.83. The first kappa shape index (κ1) is 24.0. The van der Waals surface area contributed by atoms with Crippen LogP contribution in [0.4, 0.5) is 11.5 Å². The lowest BCUT2D eigenvalue weighted by Gasteiger charge is -2.23. The Balaban J connectivity index is 1.53. The van der Waals surface area contributed by atoms with E-state index in [1.54, 1.807) is 25.3 Å². The van der Waals surface area contributed by atoms with E-state index in [0.717, 1.165) is 11.1 Å². The van der Waals surface area contributed by atoms with Crippen molar-refractivity contribution in [2.75, 3.05) is 17.2 Å². The molecule has 0 saturated heterocycles. The van der Waals surface area contributed by atoms with Crippen molar-refractivity contribution < 1.29 is 9.21 Å². The Morgan fingerprint density at radius 1 is 1.14 bits per heavy atom. The van der Waals surface area contributed by atoms with E-state index in [9.17, 15) is 14.4 Å². The van der Waals surface area contributed by atoms with Crippen LogP contribution in [-0.4, -0.2) is 27.0 Å². The van der Waals surface area contributed by atoms with Gasteiger partial charge in [0.05, 0.1) is 12.7 Å². The summed E-state index contributed by atoms with van der Waals surface area (Å²) in [6, 6.07) is 16.4. The number of anilines is 2. The second-order valence-corrected chi connectivity index (χ2v) is 8.26. The minimum atomic E-state index is -0.715. The number of nitrogens with one attached hydrogen (secondary N) is 1. The average Bonchev–Trinajstić information content (AvgIpc) is 3.33. The molecule has 180 valence electrons. The number of hydrogen-bond acceptors (Lipinski definition) is 6. The number of carbonyl (C=O) groups is 1. The van der Waals surface area contributed by atoms with E-state index < -0.39 is 11.2 Å². The van der Waals surface area contributed by atoms with Gasteiger partial charge in [-0.05, 0) is 36.8 Å². The van der Waals surface area contributed by atoms with Gasteiger partial charge in [-0.15, -0.1) is 0 Å². The van der Waals surface area contributed by atoms with E-state index in [4.69, 9.17) is 21.8 Å². The fourth-order valence-electron chi connectivity index (χ4n) is 3.74. The first-order valence-corrected chi connectivity index (χ1v) is 11.4. The Morgan fingerprint density at radius 3 is 2.54 bits per heavy atom. The molecule has 0 saturated carbocycles. The molecular formula is C25H24ClN5O4. The Kier molecular flexibility index (Phi) is 7.17. The highest BCUT2D eigenvalue weighted by Gasteiger charge is 2.23. The average molecular weight is 494 g/mol. The molecule has 1 amide bonds. The van der Waals surface area contributed by atoms with Crippen molar-refractivity contribution in [1.82, 2.24) is 14.5 Å². The molecule has 35 heavy (non-hydrogen) atoms. The van der Waals surface area contributed by atoms with Gasteiger partial charge in [-0.2, -0.15) is 0 Å². The summed E-state index contributed by atoms with van der Waals surface area (Å²) in [7, 11) is 0. The number of amides is 1. The number of hydrogen-bond donors (Lipinski definition) is 2. The lowest BCUT2D eigenvalue weighted by Crippen LogP contribution is -2.41. The summed E-state index contributed by atoms with van der Waals surface area (Å²) in [5.41, 5.74) is 6.48. The number of H-pyrrole nitrogens is 1. The molecular weight excluding hydrogens is 470 g/mol. The lowest BCUT2D eigenvalue weighted by atomic mass is 10.2. The number of rotatable bonds is 8. The number of nitrogen functional groups attached to an aromatic ring is 1. The molecule has 2 heterocycles. The summed E-state index contributed by atoms with van der Waals surface area (Å²) in [6.45, 7) is 2.08. The zero-order valence-corrected chi connectivity index (χ0v) is 19.8. The van der Waals surface area contributed by atoms with Gasteiger partial charge < -0.3 is 15.1 Å². The molecule has 0 aliphatic carbocycles. The molecule has 2 aromatic heterocycles. The van der Waals surface area contributed by atoms with Crippen LogP contribution in [0.1, 0.15) is 24.8 Å². The highest BCUT2D eigenvalue weighted by molar-refractivity contribution is 6.30. The summed E-state index contributed by atoms with van der Waals surface area (Å²) in [6.07, 6.45) is 1.85. The highest BCUT2D eigenvalue weighted by Crippen LogP contribution is 2.23. The monoisotopic (exact) mass is 493 g/mol. The van der Waals surface area contributed by atoms with Crippen LogP contribution in [0.25, 0.3) is 11.3 Å². The first-order chi connectivity index (χ1) is 16.9. The lowest BCUT2D eigenvalue weighted by molar-refractivity contribution is -0.118. The molecule has 0 unspecified atom stereocenters. The van der Waals surface area contributed by atoms with Crippen molar-refractivity contribution in [1.29, 1.82) is 0 Å². The molecule has 10 heteroatoms. The van der Waals surface area contributed by atoms with Crippen LogP contribution in [0, 0.1) is 0 Å². The quantitative estimate of drug-likeness (QED) is 0.387. The maximum atomic E-state index is 13.1. The van der Waals surface area contributed by atoms with Crippen LogP contribution < -0.4 is 21.9 Å². The van der Waals surface area contributed by atoms with Crippen LogP contribution in [-0.2, 0) is 17.8 Å². The van der Waals surface area contributed by atoms with E-state index >= 15 is 0 Å². The molecule has 0 fully saturated rings. The molecule has 3 N–H and O–H groups in total. The van der Waals surface area contributed by atoms with Crippen molar-refractivity contribution in [3.05, 3.63) is 98.1 Å². The van der Waals surface area contributed by atoms with E-state index in [1.807, 2.05) is 42.5 Å². The van der Waals surface area contributed by atoms with Gasteiger partial charge in [0.1, 0.15) is 5.82 Å². The fraction of sp³-hybridized carbons (Fsp3) is 0.200. The summed E-state index contributed by atoms with van der Waals surface area (Å²) in [5, 5.41) is 0.614. The summed E-state index contributed by atoms with van der Waals surface area (Å²) in [5.74, 6) is 0.528. The minimum absolute atomic E-state index is 0.0328. The first-order valence-electron chi connectivity index (χ1n) is 11.0. The zero-order valence-electron chi connectivity index (χ0n) is 19.0. The molecule has 0 bridgehead atoms. The van der Waals surface area contributed by atoms with Gasteiger partial charge >= 0.3 is 5.69 Å². The van der Waals surface area contributed by atoms with Crippen LogP contribution in [0.15, 0.2) is 74.8 Å². The van der Waals surface area contributed by atoms with Crippen molar-refractivity contribution in [2.45, 2.75) is 26.3 Å². The van der Waals surface area contributed by atoms with Gasteiger partial charge in [-0.25, -0.2) is 9.78 Å². The summed E-state index contributed by atoms with van der Waals surface area (Å²) >= 11 is 5.92. The third kappa shape index (κ3) is 5.36. The molecule has 4 rings (SSSR count). The maximum Gasteiger partial charge on any atom is 0.330 e. The number of aromatic amines is 1. The van der Waals surface area contributed by atoms with Gasteiger partial charge in [0.15, 0.2) is 17.3 Å². The number of carbonyl (C=O) groups excluding carboxylic acids is 1. The molecule has 2 aromatic carbocycles. The second kappa shape index (κ2) is 10.4. The van der Waals surface area contributed by atoms with Crippen molar-refractivity contribution >= 4 is 29.0 Å². The largest absolute Gasteiger partial charge is 0.441 e. The highest BCUT2D eigenvalue weighted by atomic mass is 35.5. The van der Waals surface area contributed by atoms with Crippen molar-refractivity contribution in [3.63, 3.8) is 0 Å². The Hall–Kier alpha value is -4.11. The molecule has 4 aromatic rings. The van der Waals surface area contributed by atoms with Gasteiger partial charge in [0, 0.05) is 30.0 Å². The minimum Gasteiger partial charge on any atom is -0.441 e. The van der Waals surface area contributed by atoms with E-state index in [-0.39, 0.29) is 43.3 Å². The number of aryl methyl sites for hydroxylation is 1. The molecule has 0 radical (unpaired) electrons. The smallest absolute Gasteiger partial charge is 0.330 e. The molecule has 0 spiro atoms.